The molecule has 0 radical (unpaired) electrons. The Labute approximate surface area is 235 Å². The van der Waals surface area contributed by atoms with E-state index in [4.69, 9.17) is 36.1 Å². The fraction of sp³-hybridized carbons (Fsp3) is 1.00. The van der Waals surface area contributed by atoms with Gasteiger partial charge in [-0.25, -0.2) is 0 Å². The maximum absolute atomic E-state index is 11.6. The molecule has 1 unspecified atom stereocenters. The second kappa shape index (κ2) is 14.2. The minimum Gasteiger partial charge on any atom is -0.390 e. The van der Waals surface area contributed by atoms with Gasteiger partial charge < -0.3 is 77.8 Å². The zero-order valence-corrected chi connectivity index (χ0v) is 23.5. The van der Waals surface area contributed by atoms with E-state index in [-0.39, 0.29) is 31.8 Å². The molecule has 0 aromatic heterocycles. The first-order valence-electron chi connectivity index (χ1n) is 14.5. The zero-order chi connectivity index (χ0) is 29.0. The molecule has 4 rings (SSSR count). The summed E-state index contributed by atoms with van der Waals surface area (Å²) in [6.07, 6.45) is -5.16. The van der Waals surface area contributed by atoms with E-state index in [1.165, 1.54) is 0 Å². The second-order valence-electron chi connectivity index (χ2n) is 11.9. The Kier molecular flexibility index (Phi) is 11.5. The van der Waals surface area contributed by atoms with Crippen molar-refractivity contribution in [2.24, 2.45) is 17.2 Å². The number of aliphatic hydroxyl groups excluding tert-OH is 3. The topological polar surface area (TPSA) is 244 Å². The van der Waals surface area contributed by atoms with Crippen LogP contribution in [0.4, 0.5) is 0 Å². The van der Waals surface area contributed by atoms with Crippen LogP contribution >= 0.6 is 0 Å². The van der Waals surface area contributed by atoms with E-state index >= 15 is 0 Å². The van der Waals surface area contributed by atoms with E-state index in [0.29, 0.717) is 19.0 Å². The van der Waals surface area contributed by atoms with Crippen LogP contribution in [0.1, 0.15) is 26.2 Å². The van der Waals surface area contributed by atoms with Crippen LogP contribution in [0.25, 0.3) is 0 Å². The van der Waals surface area contributed by atoms with Crippen LogP contribution in [0.2, 0.25) is 0 Å². The lowest BCUT2D eigenvalue weighted by atomic mass is 9.83. The molecule has 1 saturated carbocycles. The van der Waals surface area contributed by atoms with Crippen molar-refractivity contribution < 1.29 is 39.4 Å². The molecule has 4 fully saturated rings. The van der Waals surface area contributed by atoms with Gasteiger partial charge in [-0.3, -0.25) is 0 Å². The van der Waals surface area contributed by atoms with Crippen LogP contribution in [0.5, 0.6) is 0 Å². The molecule has 1 aliphatic carbocycles. The van der Waals surface area contributed by atoms with Gasteiger partial charge in [0.25, 0.3) is 0 Å². The third kappa shape index (κ3) is 7.48. The molecule has 14 N–H and O–H groups in total. The SMILES string of the molecule is CN[C@@H]1[C@@H](O)[C@@H](O[C@@H]2[C@@H](O)[C@H](O[C@H]3O[C@H](CN)CC[C@H]3NC3CNC3)[C@@H](N)C[C@H]2NCC(O)CN)OC[C@]1(C)O. The number of ether oxygens (including phenoxy) is 4. The maximum Gasteiger partial charge on any atom is 0.185 e. The second-order valence-corrected chi connectivity index (χ2v) is 11.9. The highest BCUT2D eigenvalue weighted by molar-refractivity contribution is 5.03. The van der Waals surface area contributed by atoms with E-state index in [1.54, 1.807) is 14.0 Å². The van der Waals surface area contributed by atoms with Crippen LogP contribution in [0.15, 0.2) is 0 Å². The molecule has 15 heteroatoms. The lowest BCUT2D eigenvalue weighted by Crippen LogP contribution is -2.69. The van der Waals surface area contributed by atoms with Crippen molar-refractivity contribution in [1.82, 2.24) is 21.3 Å². The number of hydrogen-bond acceptors (Lipinski definition) is 15. The van der Waals surface area contributed by atoms with Gasteiger partial charge in [-0.15, -0.1) is 0 Å². The molecule has 13 atom stereocenters. The van der Waals surface area contributed by atoms with Crippen molar-refractivity contribution in [3.05, 3.63) is 0 Å². The van der Waals surface area contributed by atoms with E-state index in [1.807, 2.05) is 0 Å². The number of nitrogens with two attached hydrogens (primary N) is 3. The Morgan fingerprint density at radius 1 is 1.07 bits per heavy atom. The molecule has 3 aliphatic heterocycles. The van der Waals surface area contributed by atoms with Crippen LogP contribution in [-0.2, 0) is 18.9 Å². The van der Waals surface area contributed by atoms with Crippen molar-refractivity contribution in [1.29, 1.82) is 0 Å². The molecule has 4 aliphatic rings. The van der Waals surface area contributed by atoms with Gasteiger partial charge in [0.2, 0.25) is 0 Å². The van der Waals surface area contributed by atoms with Crippen molar-refractivity contribution in [2.75, 3.05) is 46.4 Å². The Hall–Kier alpha value is -0.600. The number of nitrogens with one attached hydrogen (secondary N) is 4. The third-order valence-electron chi connectivity index (χ3n) is 8.58. The molecule has 0 aromatic carbocycles. The fourth-order valence-electron chi connectivity index (χ4n) is 6.07. The predicted molar refractivity (Wildman–Crippen MR) is 145 cm³/mol. The van der Waals surface area contributed by atoms with Gasteiger partial charge in [0.1, 0.15) is 30.0 Å². The highest BCUT2D eigenvalue weighted by Crippen LogP contribution is 2.32. The number of likely N-dealkylation sites (N-methyl/N-ethyl adjacent to an activating group) is 1. The molecule has 0 aromatic rings. The average molecular weight is 578 g/mol. The molecular formula is C25H51N7O8. The largest absolute Gasteiger partial charge is 0.390 e. The quantitative estimate of drug-likeness (QED) is 0.104. The number of rotatable bonds is 12. The van der Waals surface area contributed by atoms with Gasteiger partial charge in [0.15, 0.2) is 12.6 Å². The monoisotopic (exact) mass is 577 g/mol. The summed E-state index contributed by atoms with van der Waals surface area (Å²) in [4.78, 5) is 0. The summed E-state index contributed by atoms with van der Waals surface area (Å²) >= 11 is 0. The van der Waals surface area contributed by atoms with E-state index in [2.05, 4.69) is 21.3 Å². The molecule has 0 spiro atoms. The third-order valence-corrected chi connectivity index (χ3v) is 8.58. The maximum atomic E-state index is 11.6. The first kappa shape index (κ1) is 32.3. The smallest absolute Gasteiger partial charge is 0.185 e. The average Bonchev–Trinajstić information content (AvgIpc) is 2.90. The lowest BCUT2D eigenvalue weighted by molar-refractivity contribution is -0.308. The summed E-state index contributed by atoms with van der Waals surface area (Å²) in [7, 11) is 1.63. The van der Waals surface area contributed by atoms with Crippen molar-refractivity contribution in [3.8, 4) is 0 Å². The predicted octanol–water partition coefficient (Wildman–Crippen LogP) is -5.42. The minimum atomic E-state index is -1.33. The normalized spacial score (nSPS) is 45.7. The van der Waals surface area contributed by atoms with Gasteiger partial charge in [-0.2, -0.15) is 0 Å². The van der Waals surface area contributed by atoms with Crippen LogP contribution in [-0.4, -0.2) is 152 Å². The molecule has 234 valence electrons. The van der Waals surface area contributed by atoms with E-state index < -0.39 is 66.8 Å². The Morgan fingerprint density at radius 3 is 2.42 bits per heavy atom. The standard InChI is InChI=1S/C25H51N7O8/c1-25(36)11-37-24(19(35)22(25)29-2)40-21-17(31-10-13(33)6-26)5-15(28)20(18(21)34)39-23-16(32-12-8-30-9-12)4-3-14(7-27)38-23/h12-24,29-36H,3-11,26-28H2,1-2H3/t13?,14-,15-,16+,17+,18-,19+,20+,21-,22+,23+,24+,25-/m0/s1. The van der Waals surface area contributed by atoms with Crippen molar-refractivity contribution >= 4 is 0 Å². The highest BCUT2D eigenvalue weighted by Gasteiger charge is 2.51. The highest BCUT2D eigenvalue weighted by atomic mass is 16.7. The van der Waals surface area contributed by atoms with Crippen LogP contribution in [0.3, 0.4) is 0 Å². The molecule has 0 amide bonds. The molecular weight excluding hydrogens is 526 g/mol. The fourth-order valence-corrected chi connectivity index (χ4v) is 6.07. The van der Waals surface area contributed by atoms with Crippen molar-refractivity contribution in [2.45, 2.75) is 111 Å². The van der Waals surface area contributed by atoms with Gasteiger partial charge in [0, 0.05) is 50.8 Å². The molecule has 3 heterocycles. The zero-order valence-electron chi connectivity index (χ0n) is 23.5. The minimum absolute atomic E-state index is 0.0567. The lowest BCUT2D eigenvalue weighted by Gasteiger charge is -2.49. The van der Waals surface area contributed by atoms with Gasteiger partial charge in [-0.05, 0) is 33.2 Å². The van der Waals surface area contributed by atoms with Crippen molar-refractivity contribution in [3.63, 3.8) is 0 Å². The summed E-state index contributed by atoms with van der Waals surface area (Å²) in [6, 6.07) is -1.65. The van der Waals surface area contributed by atoms with Gasteiger partial charge in [-0.1, -0.05) is 0 Å². The summed E-state index contributed by atoms with van der Waals surface area (Å²) in [6.45, 7) is 3.75. The van der Waals surface area contributed by atoms with E-state index in [0.717, 1.165) is 25.9 Å². The molecule has 0 bridgehead atoms. The van der Waals surface area contributed by atoms with Crippen LogP contribution < -0.4 is 38.5 Å². The Balaban J connectivity index is 1.51. The first-order chi connectivity index (χ1) is 19.1. The summed E-state index contributed by atoms with van der Waals surface area (Å²) in [5.41, 5.74) is 16.7. The molecule has 15 nitrogen and oxygen atoms in total. The van der Waals surface area contributed by atoms with Gasteiger partial charge >= 0.3 is 0 Å². The Morgan fingerprint density at radius 2 is 1.80 bits per heavy atom. The van der Waals surface area contributed by atoms with Gasteiger partial charge in [0.05, 0.1) is 30.9 Å². The molecule has 40 heavy (non-hydrogen) atoms. The number of aliphatic hydroxyl groups is 4. The Bertz CT molecular complexity index is 783. The summed E-state index contributed by atoms with van der Waals surface area (Å²) < 4.78 is 24.5. The van der Waals surface area contributed by atoms with E-state index in [9.17, 15) is 20.4 Å². The first-order valence-corrected chi connectivity index (χ1v) is 14.5. The summed E-state index contributed by atoms with van der Waals surface area (Å²) in [5.74, 6) is 0. The molecule has 3 saturated heterocycles. The summed E-state index contributed by atoms with van der Waals surface area (Å²) in [5, 5.41) is 56.3. The number of hydrogen-bond donors (Lipinski definition) is 11. The van der Waals surface area contributed by atoms with Crippen LogP contribution in [0, 0.1) is 0 Å².